The smallest absolute Gasteiger partial charge is 0.251 e. The number of hydrogen-bond donors (Lipinski definition) is 1. The first-order valence-electron chi connectivity index (χ1n) is 7.70. The monoisotopic (exact) mass is 329 g/mol. The van der Waals surface area contributed by atoms with Crippen molar-refractivity contribution in [3.05, 3.63) is 64.2 Å². The van der Waals surface area contributed by atoms with Gasteiger partial charge in [-0.1, -0.05) is 29.8 Å². The topological polar surface area (TPSA) is 38.3 Å². The maximum Gasteiger partial charge on any atom is 0.251 e. The lowest BCUT2D eigenvalue weighted by atomic mass is 9.89. The van der Waals surface area contributed by atoms with Gasteiger partial charge in [0.15, 0.2) is 0 Å². The molecule has 4 heteroatoms. The van der Waals surface area contributed by atoms with Crippen LogP contribution in [0.2, 0.25) is 5.02 Å². The molecular weight excluding hydrogens is 310 g/mol. The molecule has 1 atom stereocenters. The molecule has 3 nitrogen and oxygen atoms in total. The van der Waals surface area contributed by atoms with Crippen molar-refractivity contribution >= 4 is 17.5 Å². The highest BCUT2D eigenvalue weighted by molar-refractivity contribution is 6.30. The van der Waals surface area contributed by atoms with E-state index in [0.29, 0.717) is 10.6 Å². The van der Waals surface area contributed by atoms with Crippen molar-refractivity contribution in [3.8, 4) is 5.75 Å². The second kappa shape index (κ2) is 5.89. The van der Waals surface area contributed by atoms with Crippen molar-refractivity contribution in [2.24, 2.45) is 0 Å². The molecule has 1 aliphatic heterocycles. The minimum absolute atomic E-state index is 0.0826. The van der Waals surface area contributed by atoms with E-state index < -0.39 is 0 Å². The lowest BCUT2D eigenvalue weighted by molar-refractivity contribution is 0.0619. The minimum Gasteiger partial charge on any atom is -0.487 e. The highest BCUT2D eigenvalue weighted by Gasteiger charge is 2.34. The van der Waals surface area contributed by atoms with E-state index in [1.807, 2.05) is 39.0 Å². The molecule has 0 spiro atoms. The molecule has 1 heterocycles. The number of amides is 1. The molecule has 0 aromatic heterocycles. The molecule has 0 radical (unpaired) electrons. The third kappa shape index (κ3) is 3.50. The van der Waals surface area contributed by atoms with E-state index in [1.54, 1.807) is 24.3 Å². The molecule has 2 aromatic carbocycles. The summed E-state index contributed by atoms with van der Waals surface area (Å²) in [4.78, 5) is 12.5. The molecule has 120 valence electrons. The maximum atomic E-state index is 12.5. The van der Waals surface area contributed by atoms with Gasteiger partial charge in [-0.15, -0.1) is 0 Å². The predicted molar refractivity (Wildman–Crippen MR) is 92.2 cm³/mol. The van der Waals surface area contributed by atoms with Gasteiger partial charge in [0.25, 0.3) is 5.91 Å². The van der Waals surface area contributed by atoms with E-state index in [2.05, 4.69) is 5.32 Å². The summed E-state index contributed by atoms with van der Waals surface area (Å²) in [6.07, 6.45) is 0.718. The van der Waals surface area contributed by atoms with Gasteiger partial charge in [-0.25, -0.2) is 0 Å². The van der Waals surface area contributed by atoms with Crippen LogP contribution < -0.4 is 10.1 Å². The molecule has 1 N–H and O–H groups in total. The average Bonchev–Trinajstić information content (AvgIpc) is 2.45. The van der Waals surface area contributed by atoms with Gasteiger partial charge in [-0.2, -0.15) is 0 Å². The van der Waals surface area contributed by atoms with Crippen molar-refractivity contribution < 1.29 is 9.53 Å². The van der Waals surface area contributed by atoms with Crippen LogP contribution in [-0.4, -0.2) is 11.5 Å². The highest BCUT2D eigenvalue weighted by Crippen LogP contribution is 2.40. The van der Waals surface area contributed by atoms with Crippen LogP contribution in [0.25, 0.3) is 0 Å². The van der Waals surface area contributed by atoms with Gasteiger partial charge in [-0.05, 0) is 50.6 Å². The molecule has 0 aliphatic carbocycles. The van der Waals surface area contributed by atoms with Crippen LogP contribution in [0.5, 0.6) is 5.75 Å². The number of nitrogens with one attached hydrogen (secondary N) is 1. The van der Waals surface area contributed by atoms with E-state index in [-0.39, 0.29) is 17.6 Å². The van der Waals surface area contributed by atoms with Crippen LogP contribution in [0.3, 0.4) is 0 Å². The SMILES string of the molecule is Cc1ccc2c(c1)OC(C)(C)C[C@@H]2NC(=O)c1cccc(Cl)c1. The van der Waals surface area contributed by atoms with Crippen LogP contribution in [0.4, 0.5) is 0 Å². The Labute approximate surface area is 141 Å². The zero-order chi connectivity index (χ0) is 16.6. The van der Waals surface area contributed by atoms with Gasteiger partial charge in [0.2, 0.25) is 0 Å². The predicted octanol–water partition coefficient (Wildman–Crippen LogP) is 4.68. The van der Waals surface area contributed by atoms with Crippen molar-refractivity contribution in [2.75, 3.05) is 0 Å². The first-order valence-corrected chi connectivity index (χ1v) is 8.08. The normalized spacial score (nSPS) is 18.7. The van der Waals surface area contributed by atoms with E-state index in [0.717, 1.165) is 23.3 Å². The molecular formula is C19H20ClNO2. The summed E-state index contributed by atoms with van der Waals surface area (Å²) >= 11 is 5.98. The molecule has 0 bridgehead atoms. The van der Waals surface area contributed by atoms with Crippen LogP contribution in [-0.2, 0) is 0 Å². The average molecular weight is 330 g/mol. The number of carbonyl (C=O) groups excluding carboxylic acids is 1. The van der Waals surface area contributed by atoms with E-state index in [9.17, 15) is 4.79 Å². The molecule has 2 aromatic rings. The molecule has 0 unspecified atom stereocenters. The molecule has 0 saturated carbocycles. The molecule has 1 aliphatic rings. The first kappa shape index (κ1) is 15.9. The number of rotatable bonds is 2. The van der Waals surface area contributed by atoms with Crippen molar-refractivity contribution in [2.45, 2.75) is 38.8 Å². The zero-order valence-corrected chi connectivity index (χ0v) is 14.3. The standard InChI is InChI=1S/C19H20ClNO2/c1-12-7-8-15-16(11-19(2,3)23-17(15)9-12)21-18(22)13-5-4-6-14(20)10-13/h4-10,16H,11H2,1-3H3,(H,21,22)/t16-/m0/s1. The van der Waals surface area contributed by atoms with Crippen LogP contribution in [0.1, 0.15) is 47.8 Å². The summed E-state index contributed by atoms with van der Waals surface area (Å²) in [6, 6.07) is 13.0. The van der Waals surface area contributed by atoms with Crippen LogP contribution in [0, 0.1) is 6.92 Å². The number of ether oxygens (including phenoxy) is 1. The minimum atomic E-state index is -0.326. The van der Waals surface area contributed by atoms with E-state index in [4.69, 9.17) is 16.3 Å². The van der Waals surface area contributed by atoms with E-state index >= 15 is 0 Å². The lowest BCUT2D eigenvalue weighted by Gasteiger charge is -2.38. The number of hydrogen-bond acceptors (Lipinski definition) is 2. The Morgan fingerprint density at radius 2 is 2.04 bits per heavy atom. The molecule has 1 amide bonds. The summed E-state index contributed by atoms with van der Waals surface area (Å²) in [5.41, 5.74) is 2.40. The summed E-state index contributed by atoms with van der Waals surface area (Å²) in [7, 11) is 0. The zero-order valence-electron chi connectivity index (χ0n) is 13.5. The quantitative estimate of drug-likeness (QED) is 0.868. The fraction of sp³-hybridized carbons (Fsp3) is 0.316. The number of fused-ring (bicyclic) bond motifs is 1. The lowest BCUT2D eigenvalue weighted by Crippen LogP contribution is -2.41. The Morgan fingerprint density at radius 1 is 1.26 bits per heavy atom. The molecule has 0 saturated heterocycles. The number of halogens is 1. The molecule has 0 fully saturated rings. The fourth-order valence-corrected chi connectivity index (χ4v) is 3.15. The van der Waals surface area contributed by atoms with Gasteiger partial charge in [0, 0.05) is 22.6 Å². The van der Waals surface area contributed by atoms with E-state index in [1.165, 1.54) is 0 Å². The van der Waals surface area contributed by atoms with Gasteiger partial charge < -0.3 is 10.1 Å². The van der Waals surface area contributed by atoms with Gasteiger partial charge in [-0.3, -0.25) is 4.79 Å². The van der Waals surface area contributed by atoms with Gasteiger partial charge in [0.05, 0.1) is 6.04 Å². The van der Waals surface area contributed by atoms with Crippen LogP contribution >= 0.6 is 11.6 Å². The maximum absolute atomic E-state index is 12.5. The summed E-state index contributed by atoms with van der Waals surface area (Å²) in [5, 5.41) is 3.67. The van der Waals surface area contributed by atoms with Crippen LogP contribution in [0.15, 0.2) is 42.5 Å². The second-order valence-corrected chi connectivity index (χ2v) is 7.08. The number of carbonyl (C=O) groups is 1. The summed E-state index contributed by atoms with van der Waals surface area (Å²) in [6.45, 7) is 6.11. The molecule has 3 rings (SSSR count). The Bertz CT molecular complexity index is 755. The Hall–Kier alpha value is -2.00. The number of benzene rings is 2. The number of aryl methyl sites for hydroxylation is 1. The molecule has 23 heavy (non-hydrogen) atoms. The Morgan fingerprint density at radius 3 is 2.78 bits per heavy atom. The Balaban J connectivity index is 1.89. The van der Waals surface area contributed by atoms with Gasteiger partial charge in [0.1, 0.15) is 11.4 Å². The Kier molecular flexibility index (Phi) is 4.07. The fourth-order valence-electron chi connectivity index (χ4n) is 2.96. The summed E-state index contributed by atoms with van der Waals surface area (Å²) in [5.74, 6) is 0.722. The third-order valence-electron chi connectivity index (χ3n) is 4.02. The first-order chi connectivity index (χ1) is 10.8. The second-order valence-electron chi connectivity index (χ2n) is 6.64. The van der Waals surface area contributed by atoms with Crippen molar-refractivity contribution in [1.29, 1.82) is 0 Å². The van der Waals surface area contributed by atoms with Crippen molar-refractivity contribution in [1.82, 2.24) is 5.32 Å². The van der Waals surface area contributed by atoms with Gasteiger partial charge >= 0.3 is 0 Å². The third-order valence-corrected chi connectivity index (χ3v) is 4.25. The van der Waals surface area contributed by atoms with Crippen molar-refractivity contribution in [3.63, 3.8) is 0 Å². The largest absolute Gasteiger partial charge is 0.487 e. The summed E-state index contributed by atoms with van der Waals surface area (Å²) < 4.78 is 6.06. The highest BCUT2D eigenvalue weighted by atomic mass is 35.5.